The quantitative estimate of drug-likeness (QED) is 0.771. The van der Waals surface area contributed by atoms with Crippen LogP contribution in [-0.4, -0.2) is 36.2 Å². The van der Waals surface area contributed by atoms with E-state index in [-0.39, 0.29) is 11.4 Å². The number of benzene rings is 1. The van der Waals surface area contributed by atoms with Crippen molar-refractivity contribution in [2.45, 2.75) is 63.3 Å². The van der Waals surface area contributed by atoms with Crippen LogP contribution >= 0.6 is 0 Å². The third-order valence-corrected chi connectivity index (χ3v) is 5.67. The molecule has 1 aromatic carbocycles. The highest BCUT2D eigenvalue weighted by Crippen LogP contribution is 2.31. The summed E-state index contributed by atoms with van der Waals surface area (Å²) in [6.45, 7) is 2.90. The SMILES string of the molecule is O=C(C[NH+]1CCCCC1)NC1(Cc2ccc(O)cc2)CCCCC1. The van der Waals surface area contributed by atoms with Crippen LogP contribution in [0.2, 0.25) is 0 Å². The molecule has 0 atom stereocenters. The van der Waals surface area contributed by atoms with Gasteiger partial charge in [-0.2, -0.15) is 0 Å². The molecule has 0 unspecified atom stereocenters. The molecule has 3 rings (SSSR count). The molecule has 0 bridgehead atoms. The molecule has 4 nitrogen and oxygen atoms in total. The lowest BCUT2D eigenvalue weighted by atomic mass is 9.77. The monoisotopic (exact) mass is 331 g/mol. The van der Waals surface area contributed by atoms with Gasteiger partial charge in [-0.05, 0) is 56.2 Å². The molecule has 2 aliphatic rings. The van der Waals surface area contributed by atoms with Gasteiger partial charge in [0.05, 0.1) is 13.1 Å². The summed E-state index contributed by atoms with van der Waals surface area (Å²) in [5.74, 6) is 0.516. The van der Waals surface area contributed by atoms with Crippen LogP contribution < -0.4 is 10.2 Å². The van der Waals surface area contributed by atoms with Gasteiger partial charge in [-0.3, -0.25) is 4.79 Å². The Morgan fingerprint density at radius 1 is 1.00 bits per heavy atom. The van der Waals surface area contributed by atoms with Gasteiger partial charge >= 0.3 is 0 Å². The first kappa shape index (κ1) is 17.3. The van der Waals surface area contributed by atoms with E-state index in [2.05, 4.69) is 5.32 Å². The minimum absolute atomic E-state index is 0.0957. The number of carbonyl (C=O) groups is 1. The Morgan fingerprint density at radius 3 is 2.29 bits per heavy atom. The van der Waals surface area contributed by atoms with E-state index in [1.165, 1.54) is 49.0 Å². The minimum Gasteiger partial charge on any atom is -0.508 e. The van der Waals surface area contributed by atoms with E-state index in [4.69, 9.17) is 0 Å². The average molecular weight is 331 g/mol. The Bertz CT molecular complexity index is 529. The maximum Gasteiger partial charge on any atom is 0.275 e. The summed E-state index contributed by atoms with van der Waals surface area (Å²) in [5.41, 5.74) is 1.10. The summed E-state index contributed by atoms with van der Waals surface area (Å²) < 4.78 is 0. The largest absolute Gasteiger partial charge is 0.508 e. The van der Waals surface area contributed by atoms with Gasteiger partial charge < -0.3 is 15.3 Å². The smallest absolute Gasteiger partial charge is 0.275 e. The molecule has 4 heteroatoms. The van der Waals surface area contributed by atoms with Gasteiger partial charge in [-0.1, -0.05) is 31.4 Å². The van der Waals surface area contributed by atoms with Crippen LogP contribution in [0.4, 0.5) is 0 Å². The summed E-state index contributed by atoms with van der Waals surface area (Å²) in [6, 6.07) is 7.44. The zero-order chi connectivity index (χ0) is 16.8. The van der Waals surface area contributed by atoms with E-state index in [0.717, 1.165) is 32.4 Å². The first-order valence-corrected chi connectivity index (χ1v) is 9.58. The van der Waals surface area contributed by atoms with Gasteiger partial charge in [0.15, 0.2) is 6.54 Å². The summed E-state index contributed by atoms with van der Waals surface area (Å²) in [7, 11) is 0. The summed E-state index contributed by atoms with van der Waals surface area (Å²) >= 11 is 0. The Hall–Kier alpha value is -1.55. The molecule has 1 saturated heterocycles. The van der Waals surface area contributed by atoms with Crippen LogP contribution in [0.15, 0.2) is 24.3 Å². The Balaban J connectivity index is 1.63. The number of phenols is 1. The van der Waals surface area contributed by atoms with Crippen molar-refractivity contribution in [3.8, 4) is 5.75 Å². The zero-order valence-electron chi connectivity index (χ0n) is 14.7. The van der Waals surface area contributed by atoms with Crippen molar-refractivity contribution in [3.63, 3.8) is 0 Å². The highest BCUT2D eigenvalue weighted by atomic mass is 16.3. The minimum atomic E-state index is -0.0957. The lowest BCUT2D eigenvalue weighted by Gasteiger charge is -2.39. The van der Waals surface area contributed by atoms with Gasteiger partial charge in [0, 0.05) is 5.54 Å². The number of aromatic hydroxyl groups is 1. The number of likely N-dealkylation sites (tertiary alicyclic amines) is 1. The lowest BCUT2D eigenvalue weighted by molar-refractivity contribution is -0.896. The molecule has 0 spiro atoms. The van der Waals surface area contributed by atoms with Crippen LogP contribution in [0.25, 0.3) is 0 Å². The Morgan fingerprint density at radius 2 is 1.62 bits per heavy atom. The van der Waals surface area contributed by atoms with Crippen LogP contribution in [0.3, 0.4) is 0 Å². The van der Waals surface area contributed by atoms with E-state index < -0.39 is 0 Å². The van der Waals surface area contributed by atoms with Crippen molar-refractivity contribution in [2.75, 3.05) is 19.6 Å². The highest BCUT2D eigenvalue weighted by Gasteiger charge is 2.34. The van der Waals surface area contributed by atoms with Crippen molar-refractivity contribution in [1.82, 2.24) is 5.32 Å². The molecule has 1 amide bonds. The van der Waals surface area contributed by atoms with Crippen molar-refractivity contribution in [3.05, 3.63) is 29.8 Å². The molecule has 2 fully saturated rings. The van der Waals surface area contributed by atoms with E-state index in [1.54, 1.807) is 12.1 Å². The van der Waals surface area contributed by atoms with Crippen molar-refractivity contribution in [1.29, 1.82) is 0 Å². The number of carbonyl (C=O) groups excluding carboxylic acids is 1. The fourth-order valence-electron chi connectivity index (χ4n) is 4.37. The molecule has 1 aliphatic carbocycles. The molecule has 132 valence electrons. The summed E-state index contributed by atoms with van der Waals surface area (Å²) in [5, 5.41) is 12.9. The van der Waals surface area contributed by atoms with Gasteiger partial charge in [0.25, 0.3) is 5.91 Å². The fraction of sp³-hybridized carbons (Fsp3) is 0.650. The van der Waals surface area contributed by atoms with Crippen molar-refractivity contribution >= 4 is 5.91 Å². The first-order chi connectivity index (χ1) is 11.7. The number of phenolic OH excluding ortho intramolecular Hbond substituents is 1. The number of hydrogen-bond donors (Lipinski definition) is 3. The number of nitrogens with one attached hydrogen (secondary N) is 2. The predicted octanol–water partition coefficient (Wildman–Crippen LogP) is 1.82. The first-order valence-electron chi connectivity index (χ1n) is 9.58. The van der Waals surface area contributed by atoms with Crippen molar-refractivity contribution in [2.24, 2.45) is 0 Å². The lowest BCUT2D eigenvalue weighted by Crippen LogP contribution is -3.14. The van der Waals surface area contributed by atoms with Gasteiger partial charge in [0.2, 0.25) is 0 Å². The third kappa shape index (κ3) is 4.73. The second kappa shape index (κ2) is 8.02. The normalized spacial score (nSPS) is 21.3. The van der Waals surface area contributed by atoms with Crippen LogP contribution in [0, 0.1) is 0 Å². The van der Waals surface area contributed by atoms with Crippen LogP contribution in [-0.2, 0) is 11.2 Å². The molecule has 3 N–H and O–H groups in total. The van der Waals surface area contributed by atoms with Gasteiger partial charge in [0.1, 0.15) is 5.75 Å². The standard InChI is InChI=1S/C20H30N2O2/c23-18-9-7-17(8-10-18)15-20(11-3-1-4-12-20)21-19(24)16-22-13-5-2-6-14-22/h7-10,23H,1-6,11-16H2,(H,21,24)/p+1. The van der Waals surface area contributed by atoms with E-state index in [1.807, 2.05) is 12.1 Å². The molecule has 1 saturated carbocycles. The maximum absolute atomic E-state index is 12.7. The Labute approximate surface area is 145 Å². The third-order valence-electron chi connectivity index (χ3n) is 5.67. The predicted molar refractivity (Wildman–Crippen MR) is 95.2 cm³/mol. The number of amides is 1. The molecule has 24 heavy (non-hydrogen) atoms. The van der Waals surface area contributed by atoms with Gasteiger partial charge in [-0.25, -0.2) is 0 Å². The van der Waals surface area contributed by atoms with E-state index >= 15 is 0 Å². The number of piperidine rings is 1. The molecule has 0 aromatic heterocycles. The topological polar surface area (TPSA) is 53.8 Å². The molecule has 1 aromatic rings. The molecular formula is C20H31N2O2+. The van der Waals surface area contributed by atoms with Crippen molar-refractivity contribution < 1.29 is 14.8 Å². The zero-order valence-corrected chi connectivity index (χ0v) is 14.7. The second-order valence-corrected chi connectivity index (χ2v) is 7.72. The number of quaternary nitrogens is 1. The molecule has 1 heterocycles. The maximum atomic E-state index is 12.7. The molecule has 1 aliphatic heterocycles. The van der Waals surface area contributed by atoms with E-state index in [0.29, 0.717) is 12.3 Å². The fourth-order valence-corrected chi connectivity index (χ4v) is 4.37. The number of rotatable bonds is 5. The number of hydrogen-bond acceptors (Lipinski definition) is 2. The van der Waals surface area contributed by atoms with Gasteiger partial charge in [-0.15, -0.1) is 0 Å². The van der Waals surface area contributed by atoms with Crippen LogP contribution in [0.5, 0.6) is 5.75 Å². The highest BCUT2D eigenvalue weighted by molar-refractivity contribution is 5.77. The molecule has 0 radical (unpaired) electrons. The molecular weight excluding hydrogens is 300 g/mol. The second-order valence-electron chi connectivity index (χ2n) is 7.72. The average Bonchev–Trinajstić information content (AvgIpc) is 2.58. The Kier molecular flexibility index (Phi) is 5.77. The van der Waals surface area contributed by atoms with Crippen LogP contribution in [0.1, 0.15) is 56.9 Å². The summed E-state index contributed by atoms with van der Waals surface area (Å²) in [4.78, 5) is 14.1. The van der Waals surface area contributed by atoms with E-state index in [9.17, 15) is 9.90 Å². The summed E-state index contributed by atoms with van der Waals surface area (Å²) in [6.07, 6.45) is 10.5.